The van der Waals surface area contributed by atoms with Crippen LogP contribution in [-0.2, 0) is 27.3 Å². The van der Waals surface area contributed by atoms with Crippen molar-refractivity contribution in [3.05, 3.63) is 95.1 Å². The summed E-state index contributed by atoms with van der Waals surface area (Å²) in [4.78, 5) is 26.3. The van der Waals surface area contributed by atoms with Crippen LogP contribution in [0.5, 0.6) is 5.88 Å². The van der Waals surface area contributed by atoms with Gasteiger partial charge in [0.25, 0.3) is 0 Å². The zero-order valence-electron chi connectivity index (χ0n) is 23.5. The molecule has 2 aromatic carbocycles. The van der Waals surface area contributed by atoms with E-state index in [1.807, 2.05) is 19.2 Å². The van der Waals surface area contributed by atoms with Crippen LogP contribution in [0.3, 0.4) is 0 Å². The van der Waals surface area contributed by atoms with E-state index in [4.69, 9.17) is 14.7 Å². The van der Waals surface area contributed by atoms with Gasteiger partial charge < -0.3 is 29.6 Å². The molecular formula is C30H31FN6O5. The van der Waals surface area contributed by atoms with E-state index in [9.17, 15) is 14.0 Å². The molecule has 4 rings (SSSR count). The Kier molecular flexibility index (Phi) is 12.0. The first-order valence-corrected chi connectivity index (χ1v) is 12.8. The molecule has 0 bridgehead atoms. The topological polar surface area (TPSA) is 140 Å². The minimum atomic E-state index is -0.499. The number of halogens is 1. The predicted octanol–water partition coefficient (Wildman–Crippen LogP) is 4.17. The van der Waals surface area contributed by atoms with Crippen LogP contribution in [0.15, 0.2) is 67.0 Å². The van der Waals surface area contributed by atoms with Crippen molar-refractivity contribution in [2.45, 2.75) is 13.0 Å². The lowest BCUT2D eigenvalue weighted by Crippen LogP contribution is -2.10. The third kappa shape index (κ3) is 8.87. The first kappa shape index (κ1) is 31.3. The second-order valence-corrected chi connectivity index (χ2v) is 8.63. The summed E-state index contributed by atoms with van der Waals surface area (Å²) in [6.07, 6.45) is 4.39. The highest BCUT2D eigenvalue weighted by atomic mass is 19.1. The maximum Gasteiger partial charge on any atom is 0.337 e. The Morgan fingerprint density at radius 3 is 2.67 bits per heavy atom. The fraction of sp³-hybridized carbons (Fsp3) is 0.233. The summed E-state index contributed by atoms with van der Waals surface area (Å²) in [5.41, 5.74) is 3.67. The fourth-order valence-electron chi connectivity index (χ4n) is 3.63. The van der Waals surface area contributed by atoms with Gasteiger partial charge in [-0.3, -0.25) is 0 Å². The number of benzene rings is 2. The molecule has 0 fully saturated rings. The first-order chi connectivity index (χ1) is 20.4. The number of hydrogen-bond donors (Lipinski definition) is 2. The Bertz CT molecular complexity index is 1530. The minimum absolute atomic E-state index is 0.0104. The molecule has 0 unspecified atom stereocenters. The number of anilines is 2. The fourth-order valence-corrected chi connectivity index (χ4v) is 3.63. The zero-order chi connectivity index (χ0) is 30.3. The lowest BCUT2D eigenvalue weighted by Gasteiger charge is -2.12. The number of carbonyl (C=O) groups is 2. The third-order valence-corrected chi connectivity index (χ3v) is 5.79. The Labute approximate surface area is 242 Å². The first-order valence-electron chi connectivity index (χ1n) is 12.8. The van der Waals surface area contributed by atoms with Gasteiger partial charge in [0, 0.05) is 44.9 Å². The van der Waals surface area contributed by atoms with Crippen LogP contribution in [0.25, 0.3) is 5.82 Å². The number of ether oxygens (including phenoxy) is 3. The number of nitrogens with one attached hydrogen (secondary N) is 2. The molecule has 2 aromatic heterocycles. The van der Waals surface area contributed by atoms with Crippen LogP contribution >= 0.6 is 0 Å². The predicted molar refractivity (Wildman–Crippen MR) is 154 cm³/mol. The van der Waals surface area contributed by atoms with Gasteiger partial charge in [0.1, 0.15) is 18.7 Å². The van der Waals surface area contributed by atoms with Crippen LogP contribution in [0.1, 0.15) is 27.0 Å². The molecule has 0 atom stereocenters. The lowest BCUT2D eigenvalue weighted by atomic mass is 10.1. The molecule has 2 heterocycles. The van der Waals surface area contributed by atoms with Crippen LogP contribution in [-0.4, -0.2) is 61.4 Å². The summed E-state index contributed by atoms with van der Waals surface area (Å²) in [7, 11) is 4.84. The van der Waals surface area contributed by atoms with Gasteiger partial charge in [0.05, 0.1) is 48.5 Å². The molecule has 0 amide bonds. The van der Waals surface area contributed by atoms with E-state index in [-0.39, 0.29) is 24.6 Å². The SMILES string of the molecule is CNc1ccc(C(=O)OC)cc1NCCOC.N#Cc1ccc(COc2cccc(-n3cc(CC=O)cn3)n2)c(F)c1. The molecule has 4 aromatic rings. The van der Waals surface area contributed by atoms with E-state index >= 15 is 0 Å². The van der Waals surface area contributed by atoms with Gasteiger partial charge in [-0.25, -0.2) is 13.9 Å². The summed E-state index contributed by atoms with van der Waals surface area (Å²) < 4.78 is 30.6. The quantitative estimate of drug-likeness (QED) is 0.144. The van der Waals surface area contributed by atoms with Gasteiger partial charge >= 0.3 is 5.97 Å². The maximum absolute atomic E-state index is 13.9. The van der Waals surface area contributed by atoms with E-state index in [1.165, 1.54) is 30.0 Å². The highest BCUT2D eigenvalue weighted by Crippen LogP contribution is 2.23. The standard InChI is InChI=1S/C18H13FN4O2.C12H18N2O3/c19-16-8-13(9-20)4-5-15(16)12-25-18-3-1-2-17(22-18)23-11-14(6-7-24)10-21-23;1-13-10-5-4-9(12(15)17-3)8-11(10)14-6-7-16-2/h1-5,7-8,10-11H,6,12H2;4-5,8,13-14H,6-7H2,1-3H3. The number of nitriles is 1. The van der Waals surface area contributed by atoms with E-state index in [1.54, 1.807) is 49.8 Å². The van der Waals surface area contributed by atoms with Crippen LogP contribution in [0.4, 0.5) is 15.8 Å². The van der Waals surface area contributed by atoms with Crippen LogP contribution in [0.2, 0.25) is 0 Å². The summed E-state index contributed by atoms with van der Waals surface area (Å²) in [6.45, 7) is 1.27. The Balaban J connectivity index is 0.000000250. The smallest absolute Gasteiger partial charge is 0.337 e. The van der Waals surface area contributed by atoms with Gasteiger partial charge in [-0.1, -0.05) is 12.1 Å². The number of methoxy groups -OCH3 is 2. The van der Waals surface area contributed by atoms with E-state index in [0.717, 1.165) is 23.2 Å². The summed E-state index contributed by atoms with van der Waals surface area (Å²) in [5.74, 6) is -0.00752. The van der Waals surface area contributed by atoms with Gasteiger partial charge in [-0.05, 0) is 42.0 Å². The van der Waals surface area contributed by atoms with Crippen molar-refractivity contribution >= 4 is 23.6 Å². The largest absolute Gasteiger partial charge is 0.473 e. The average molecular weight is 575 g/mol. The normalized spacial score (nSPS) is 10.1. The number of pyridine rings is 1. The molecule has 0 aliphatic heterocycles. The molecule has 0 radical (unpaired) electrons. The number of aldehydes is 1. The molecule has 12 heteroatoms. The van der Waals surface area contributed by atoms with Crippen molar-refractivity contribution in [3.63, 3.8) is 0 Å². The maximum atomic E-state index is 13.9. The van der Waals surface area contributed by atoms with E-state index in [2.05, 4.69) is 25.5 Å². The number of hydrogen-bond acceptors (Lipinski definition) is 10. The monoisotopic (exact) mass is 574 g/mol. The van der Waals surface area contributed by atoms with Gasteiger partial charge in [-0.2, -0.15) is 15.3 Å². The number of nitrogens with zero attached hydrogens (tertiary/aromatic N) is 4. The van der Waals surface area contributed by atoms with Gasteiger partial charge in [0.15, 0.2) is 5.82 Å². The number of rotatable bonds is 12. The Morgan fingerprint density at radius 1 is 1.14 bits per heavy atom. The van der Waals surface area contributed by atoms with Gasteiger partial charge in [-0.15, -0.1) is 0 Å². The zero-order valence-corrected chi connectivity index (χ0v) is 23.5. The van der Waals surface area contributed by atoms with Crippen molar-refractivity contribution in [1.29, 1.82) is 5.26 Å². The van der Waals surface area contributed by atoms with Gasteiger partial charge in [0.2, 0.25) is 5.88 Å². The minimum Gasteiger partial charge on any atom is -0.473 e. The molecule has 0 spiro atoms. The van der Waals surface area contributed by atoms with E-state index in [0.29, 0.717) is 36.0 Å². The Morgan fingerprint density at radius 2 is 1.98 bits per heavy atom. The number of esters is 1. The molecule has 0 aliphatic rings. The molecule has 42 heavy (non-hydrogen) atoms. The molecule has 218 valence electrons. The molecule has 0 saturated heterocycles. The van der Waals surface area contributed by atoms with Crippen molar-refractivity contribution in [3.8, 4) is 17.8 Å². The lowest BCUT2D eigenvalue weighted by molar-refractivity contribution is -0.107. The number of carbonyl (C=O) groups excluding carboxylic acids is 2. The van der Waals surface area contributed by atoms with Crippen molar-refractivity contribution in [1.82, 2.24) is 14.8 Å². The highest BCUT2D eigenvalue weighted by molar-refractivity contribution is 5.92. The molecule has 11 nitrogen and oxygen atoms in total. The number of aromatic nitrogens is 3. The van der Waals surface area contributed by atoms with Crippen molar-refractivity contribution in [2.75, 3.05) is 45.1 Å². The van der Waals surface area contributed by atoms with Crippen LogP contribution in [0, 0.1) is 17.1 Å². The molecule has 2 N–H and O–H groups in total. The highest BCUT2D eigenvalue weighted by Gasteiger charge is 2.09. The van der Waals surface area contributed by atoms with E-state index < -0.39 is 5.82 Å². The van der Waals surface area contributed by atoms with Crippen molar-refractivity contribution in [2.24, 2.45) is 0 Å². The average Bonchev–Trinajstić information content (AvgIpc) is 3.49. The molecule has 0 saturated carbocycles. The van der Waals surface area contributed by atoms with Crippen molar-refractivity contribution < 1.29 is 28.2 Å². The molecule has 0 aliphatic carbocycles. The molecular weight excluding hydrogens is 543 g/mol. The third-order valence-electron chi connectivity index (χ3n) is 5.79. The second kappa shape index (κ2) is 16.1. The van der Waals surface area contributed by atoms with Crippen LogP contribution < -0.4 is 15.4 Å². The summed E-state index contributed by atoms with van der Waals surface area (Å²) in [6, 6.07) is 16.5. The summed E-state index contributed by atoms with van der Waals surface area (Å²) >= 11 is 0. The summed E-state index contributed by atoms with van der Waals surface area (Å²) in [5, 5.41) is 19.1. The Hall–Kier alpha value is -5.28. The second-order valence-electron chi connectivity index (χ2n) is 8.63.